The molecule has 4 heteroatoms. The number of hydrogen-bond acceptors (Lipinski definition) is 2. The number of alkyl halides is 1. The van der Waals surface area contributed by atoms with E-state index in [1.54, 1.807) is 27.7 Å². The molecular formula is C7H12BBrO2. The van der Waals surface area contributed by atoms with Gasteiger partial charge in [0.2, 0.25) is 0 Å². The minimum atomic E-state index is -0.901. The molecular weight excluding hydrogens is 207 g/mol. The first kappa shape index (κ1) is 11.0. The molecule has 11 heavy (non-hydrogen) atoms. The molecule has 0 fully saturated rings. The van der Waals surface area contributed by atoms with Crippen molar-refractivity contribution in [3.8, 4) is 0 Å². The Balaban J connectivity index is 4.11. The second-order valence-corrected chi connectivity index (χ2v) is 5.45. The van der Waals surface area contributed by atoms with Gasteiger partial charge in [0.05, 0.1) is 5.50 Å². The van der Waals surface area contributed by atoms with Crippen molar-refractivity contribution >= 4 is 29.7 Å². The van der Waals surface area contributed by atoms with E-state index in [-0.39, 0.29) is 5.97 Å². The highest BCUT2D eigenvalue weighted by molar-refractivity contribution is 9.10. The summed E-state index contributed by atoms with van der Waals surface area (Å²) in [5, 5.41) is 0. The summed E-state index contributed by atoms with van der Waals surface area (Å²) >= 11 is 3.17. The largest absolute Gasteiger partial charge is 0.469 e. The number of hydrogen-bond donors (Lipinski definition) is 0. The summed E-state index contributed by atoms with van der Waals surface area (Å²) in [6.07, 6.45) is 0. The standard InChI is InChI=1S/C7H12BBrO2/c1-6(2,9)5(10)11-7(3,4)8/h1-4H3. The fourth-order valence-corrected chi connectivity index (χ4v) is 0.441. The van der Waals surface area contributed by atoms with E-state index in [9.17, 15) is 4.79 Å². The first-order valence-electron chi connectivity index (χ1n) is 3.34. The van der Waals surface area contributed by atoms with Crippen molar-refractivity contribution in [2.24, 2.45) is 0 Å². The van der Waals surface area contributed by atoms with E-state index in [0.29, 0.717) is 0 Å². The Morgan fingerprint density at radius 3 is 1.82 bits per heavy atom. The highest BCUT2D eigenvalue weighted by Crippen LogP contribution is 2.20. The van der Waals surface area contributed by atoms with Gasteiger partial charge in [-0.3, -0.25) is 4.79 Å². The van der Waals surface area contributed by atoms with Crippen LogP contribution in [0, 0.1) is 0 Å². The van der Waals surface area contributed by atoms with Crippen LogP contribution in [0.1, 0.15) is 27.7 Å². The van der Waals surface area contributed by atoms with Crippen LogP contribution in [0.5, 0.6) is 0 Å². The van der Waals surface area contributed by atoms with Gasteiger partial charge in [-0.1, -0.05) is 15.9 Å². The molecule has 0 saturated carbocycles. The smallest absolute Gasteiger partial charge is 0.322 e. The van der Waals surface area contributed by atoms with Gasteiger partial charge in [-0.05, 0) is 27.7 Å². The number of rotatable bonds is 2. The van der Waals surface area contributed by atoms with Gasteiger partial charge < -0.3 is 4.74 Å². The van der Waals surface area contributed by atoms with Gasteiger partial charge in [0, 0.05) is 0 Å². The maximum atomic E-state index is 11.1. The van der Waals surface area contributed by atoms with Crippen LogP contribution in [-0.4, -0.2) is 23.6 Å². The van der Waals surface area contributed by atoms with E-state index in [2.05, 4.69) is 15.9 Å². The predicted octanol–water partition coefficient (Wildman–Crippen LogP) is 1.61. The van der Waals surface area contributed by atoms with Gasteiger partial charge >= 0.3 is 5.97 Å². The van der Waals surface area contributed by atoms with Gasteiger partial charge in [-0.2, -0.15) is 0 Å². The summed E-state index contributed by atoms with van der Waals surface area (Å²) in [7, 11) is 5.47. The monoisotopic (exact) mass is 218 g/mol. The summed E-state index contributed by atoms with van der Waals surface area (Å²) in [5.74, 6) is -0.356. The Kier molecular flexibility index (Phi) is 3.18. The molecule has 0 aromatic rings. The zero-order chi connectivity index (χ0) is 9.28. The first-order chi connectivity index (χ1) is 4.63. The average molecular weight is 219 g/mol. The molecule has 0 aliphatic rings. The number of esters is 1. The number of halogens is 1. The maximum Gasteiger partial charge on any atom is 0.322 e. The summed E-state index contributed by atoms with van der Waals surface area (Å²) < 4.78 is 4.23. The minimum Gasteiger partial charge on any atom is -0.469 e. The summed E-state index contributed by atoms with van der Waals surface area (Å²) in [6.45, 7) is 6.68. The van der Waals surface area contributed by atoms with Crippen LogP contribution in [0.3, 0.4) is 0 Å². The quantitative estimate of drug-likeness (QED) is 0.400. The van der Waals surface area contributed by atoms with Crippen molar-refractivity contribution < 1.29 is 9.53 Å². The lowest BCUT2D eigenvalue weighted by molar-refractivity contribution is -0.151. The van der Waals surface area contributed by atoms with Crippen molar-refractivity contribution in [1.82, 2.24) is 0 Å². The molecule has 0 aliphatic carbocycles. The number of ether oxygens (including phenoxy) is 1. The van der Waals surface area contributed by atoms with Crippen molar-refractivity contribution in [2.75, 3.05) is 0 Å². The van der Waals surface area contributed by atoms with Crippen molar-refractivity contribution in [3.05, 3.63) is 0 Å². The van der Waals surface area contributed by atoms with Gasteiger partial charge in [-0.15, -0.1) is 0 Å². The molecule has 2 nitrogen and oxygen atoms in total. The average Bonchev–Trinajstić information content (AvgIpc) is 1.56. The SMILES string of the molecule is [B]C(C)(C)OC(=O)C(C)(C)Br. The van der Waals surface area contributed by atoms with Crippen molar-refractivity contribution in [3.63, 3.8) is 0 Å². The van der Waals surface area contributed by atoms with E-state index >= 15 is 0 Å². The topological polar surface area (TPSA) is 26.3 Å². The third kappa shape index (κ3) is 5.30. The van der Waals surface area contributed by atoms with Crippen molar-refractivity contribution in [2.45, 2.75) is 37.5 Å². The second kappa shape index (κ2) is 3.17. The fourth-order valence-electron chi connectivity index (χ4n) is 0.360. The molecule has 2 radical (unpaired) electrons. The molecule has 0 N–H and O–H groups in total. The Morgan fingerprint density at radius 2 is 1.73 bits per heavy atom. The lowest BCUT2D eigenvalue weighted by Gasteiger charge is -2.24. The van der Waals surface area contributed by atoms with Crippen LogP contribution in [-0.2, 0) is 9.53 Å². The molecule has 0 bridgehead atoms. The van der Waals surface area contributed by atoms with Gasteiger partial charge in [0.15, 0.2) is 0 Å². The van der Waals surface area contributed by atoms with Gasteiger partial charge in [0.25, 0.3) is 0 Å². The van der Waals surface area contributed by atoms with Gasteiger partial charge in [-0.25, -0.2) is 0 Å². The predicted molar refractivity (Wildman–Crippen MR) is 48.9 cm³/mol. The van der Waals surface area contributed by atoms with E-state index in [1.807, 2.05) is 0 Å². The Morgan fingerprint density at radius 1 is 1.36 bits per heavy atom. The fraction of sp³-hybridized carbons (Fsp3) is 0.857. The van der Waals surface area contributed by atoms with Crippen LogP contribution in [0.25, 0.3) is 0 Å². The molecule has 0 heterocycles. The minimum absolute atomic E-state index is 0.356. The highest BCUT2D eigenvalue weighted by Gasteiger charge is 2.29. The van der Waals surface area contributed by atoms with Crippen LogP contribution in [0.4, 0.5) is 0 Å². The summed E-state index contributed by atoms with van der Waals surface area (Å²) in [6, 6.07) is 0. The summed E-state index contributed by atoms with van der Waals surface area (Å²) in [5.41, 5.74) is -0.901. The number of carbonyl (C=O) groups is 1. The normalized spacial score (nSPS) is 12.8. The third-order valence-electron chi connectivity index (χ3n) is 0.841. The molecule has 0 aromatic heterocycles. The molecule has 62 valence electrons. The van der Waals surface area contributed by atoms with Crippen LogP contribution < -0.4 is 0 Å². The lowest BCUT2D eigenvalue weighted by atomic mass is 9.85. The Bertz CT molecular complexity index is 155. The van der Waals surface area contributed by atoms with Crippen LogP contribution >= 0.6 is 15.9 Å². The molecule has 0 atom stereocenters. The number of carbonyl (C=O) groups excluding carboxylic acids is 1. The van der Waals surface area contributed by atoms with Crippen LogP contribution in [0.2, 0.25) is 0 Å². The van der Waals surface area contributed by atoms with Gasteiger partial charge in [0.1, 0.15) is 12.2 Å². The first-order valence-corrected chi connectivity index (χ1v) is 4.13. The molecule has 0 unspecified atom stereocenters. The maximum absolute atomic E-state index is 11.1. The molecule has 0 saturated heterocycles. The second-order valence-electron chi connectivity index (χ2n) is 3.47. The Hall–Kier alpha value is 0.0149. The van der Waals surface area contributed by atoms with Crippen molar-refractivity contribution in [1.29, 1.82) is 0 Å². The molecule has 0 amide bonds. The van der Waals surface area contributed by atoms with E-state index in [4.69, 9.17) is 12.6 Å². The Labute approximate surface area is 77.2 Å². The lowest BCUT2D eigenvalue weighted by Crippen LogP contribution is -2.36. The van der Waals surface area contributed by atoms with E-state index in [0.717, 1.165) is 0 Å². The zero-order valence-electron chi connectivity index (χ0n) is 7.27. The zero-order valence-corrected chi connectivity index (χ0v) is 8.86. The van der Waals surface area contributed by atoms with E-state index < -0.39 is 9.82 Å². The highest BCUT2D eigenvalue weighted by atomic mass is 79.9. The molecule has 0 aliphatic heterocycles. The van der Waals surface area contributed by atoms with E-state index in [1.165, 1.54) is 0 Å². The van der Waals surface area contributed by atoms with Crippen LogP contribution in [0.15, 0.2) is 0 Å². The molecule has 0 aromatic carbocycles. The molecule has 0 rings (SSSR count). The molecule has 0 spiro atoms. The summed E-state index contributed by atoms with van der Waals surface area (Å²) in [4.78, 5) is 11.1. The third-order valence-corrected chi connectivity index (χ3v) is 1.16.